The molecule has 19 heavy (non-hydrogen) atoms. The van der Waals surface area contributed by atoms with Gasteiger partial charge in [-0.2, -0.15) is 0 Å². The lowest BCUT2D eigenvalue weighted by atomic mass is 9.80. The highest BCUT2D eigenvalue weighted by atomic mass is 79.9. The van der Waals surface area contributed by atoms with Gasteiger partial charge >= 0.3 is 0 Å². The third-order valence-corrected chi connectivity index (χ3v) is 6.01. The zero-order valence-electron chi connectivity index (χ0n) is 12.0. The van der Waals surface area contributed by atoms with Crippen LogP contribution in [-0.4, -0.2) is 17.8 Å². The number of benzene rings is 1. The quantitative estimate of drug-likeness (QED) is 0.830. The fourth-order valence-electron chi connectivity index (χ4n) is 3.19. The minimum Gasteiger partial charge on any atom is -0.313 e. The molecule has 0 amide bonds. The van der Waals surface area contributed by atoms with Crippen molar-refractivity contribution in [3.05, 3.63) is 28.7 Å². The molecule has 0 bridgehead atoms. The molecule has 1 N–H and O–H groups in total. The van der Waals surface area contributed by atoms with Crippen molar-refractivity contribution in [2.45, 2.75) is 49.8 Å². The van der Waals surface area contributed by atoms with Gasteiger partial charge in [0.1, 0.15) is 0 Å². The number of hydrogen-bond donors (Lipinski definition) is 1. The molecule has 2 rings (SSSR count). The monoisotopic (exact) mass is 341 g/mol. The summed E-state index contributed by atoms with van der Waals surface area (Å²) < 4.78 is 1.18. The minimum atomic E-state index is 0.646. The second-order valence-electron chi connectivity index (χ2n) is 5.76. The number of hydrogen-bond acceptors (Lipinski definition) is 2. The van der Waals surface area contributed by atoms with E-state index in [1.54, 1.807) is 0 Å². The lowest BCUT2D eigenvalue weighted by Gasteiger charge is -2.39. The van der Waals surface area contributed by atoms with Gasteiger partial charge in [-0.1, -0.05) is 42.8 Å². The van der Waals surface area contributed by atoms with Crippen molar-refractivity contribution in [1.29, 1.82) is 0 Å². The topological polar surface area (TPSA) is 12.0 Å². The predicted molar refractivity (Wildman–Crippen MR) is 88.8 cm³/mol. The Morgan fingerprint density at radius 1 is 1.32 bits per heavy atom. The molecule has 0 radical (unpaired) electrons. The number of thioether (sulfide) groups is 1. The van der Waals surface area contributed by atoms with Gasteiger partial charge in [-0.3, -0.25) is 0 Å². The Bertz CT molecular complexity index is 409. The van der Waals surface area contributed by atoms with Crippen LogP contribution in [0.4, 0.5) is 0 Å². The Morgan fingerprint density at radius 2 is 2.11 bits per heavy atom. The second kappa shape index (κ2) is 7.14. The van der Waals surface area contributed by atoms with Crippen molar-refractivity contribution < 1.29 is 0 Å². The lowest BCUT2D eigenvalue weighted by Crippen LogP contribution is -2.46. The first-order valence-electron chi connectivity index (χ1n) is 7.25. The molecular weight excluding hydrogens is 318 g/mol. The molecule has 3 heteroatoms. The van der Waals surface area contributed by atoms with Gasteiger partial charge in [0, 0.05) is 20.7 Å². The highest BCUT2D eigenvalue weighted by molar-refractivity contribution is 9.10. The Kier molecular flexibility index (Phi) is 5.79. The maximum Gasteiger partial charge on any atom is 0.0274 e. The smallest absolute Gasteiger partial charge is 0.0274 e. The van der Waals surface area contributed by atoms with Gasteiger partial charge in [-0.25, -0.2) is 0 Å². The van der Waals surface area contributed by atoms with Crippen LogP contribution in [-0.2, 0) is 0 Å². The lowest BCUT2D eigenvalue weighted by molar-refractivity contribution is 0.251. The third kappa shape index (κ3) is 4.24. The van der Waals surface area contributed by atoms with Crippen molar-refractivity contribution in [1.82, 2.24) is 5.32 Å². The van der Waals surface area contributed by atoms with Crippen LogP contribution in [0.25, 0.3) is 0 Å². The van der Waals surface area contributed by atoms with Crippen LogP contribution in [0, 0.1) is 11.8 Å². The average molecular weight is 342 g/mol. The first-order valence-corrected chi connectivity index (χ1v) is 8.93. The molecule has 0 saturated heterocycles. The second-order valence-corrected chi connectivity index (χ2v) is 7.92. The summed E-state index contributed by atoms with van der Waals surface area (Å²) in [5.41, 5.74) is 0. The van der Waals surface area contributed by atoms with Crippen LogP contribution < -0.4 is 5.32 Å². The summed E-state index contributed by atoms with van der Waals surface area (Å²) in [5, 5.41) is 4.38. The van der Waals surface area contributed by atoms with Gasteiger partial charge < -0.3 is 5.32 Å². The average Bonchev–Trinajstić information content (AvgIpc) is 2.34. The van der Waals surface area contributed by atoms with Gasteiger partial charge in [0.2, 0.25) is 0 Å². The largest absolute Gasteiger partial charge is 0.313 e. The highest BCUT2D eigenvalue weighted by Crippen LogP contribution is 2.40. The zero-order valence-corrected chi connectivity index (χ0v) is 14.4. The first-order chi connectivity index (χ1) is 9.10. The van der Waals surface area contributed by atoms with Gasteiger partial charge in [-0.15, -0.1) is 11.8 Å². The van der Waals surface area contributed by atoms with E-state index in [2.05, 4.69) is 66.3 Å². The van der Waals surface area contributed by atoms with E-state index in [1.165, 1.54) is 22.2 Å². The number of halogens is 1. The number of rotatable bonds is 4. The highest BCUT2D eigenvalue weighted by Gasteiger charge is 2.34. The fourth-order valence-corrected chi connectivity index (χ4v) is 5.12. The van der Waals surface area contributed by atoms with Gasteiger partial charge in [0.05, 0.1) is 0 Å². The summed E-state index contributed by atoms with van der Waals surface area (Å²) in [4.78, 5) is 1.38. The first kappa shape index (κ1) is 15.4. The molecule has 1 aromatic rings. The maximum atomic E-state index is 3.70. The van der Waals surface area contributed by atoms with Crippen LogP contribution in [0.1, 0.15) is 33.6 Å². The molecule has 4 atom stereocenters. The Morgan fingerprint density at radius 3 is 2.79 bits per heavy atom. The maximum absolute atomic E-state index is 3.70. The predicted octanol–water partition coefficient (Wildman–Crippen LogP) is 4.95. The van der Waals surface area contributed by atoms with Crippen molar-refractivity contribution >= 4 is 27.7 Å². The van der Waals surface area contributed by atoms with E-state index in [1.807, 2.05) is 11.8 Å². The Balaban J connectivity index is 2.10. The molecule has 1 fully saturated rings. The van der Waals surface area contributed by atoms with Crippen LogP contribution >= 0.6 is 27.7 Å². The molecule has 1 aliphatic rings. The molecule has 106 valence electrons. The molecule has 0 aliphatic heterocycles. The summed E-state index contributed by atoms with van der Waals surface area (Å²) in [5.74, 6) is 1.62. The molecule has 0 aromatic heterocycles. The molecule has 0 spiro atoms. The molecule has 1 aliphatic carbocycles. The summed E-state index contributed by atoms with van der Waals surface area (Å²) >= 11 is 5.61. The van der Waals surface area contributed by atoms with Crippen LogP contribution in [0.3, 0.4) is 0 Å². The molecular formula is C16H24BrNS. The van der Waals surface area contributed by atoms with E-state index in [4.69, 9.17) is 0 Å². The molecule has 1 saturated carbocycles. The summed E-state index contributed by atoms with van der Waals surface area (Å²) in [6.45, 7) is 8.08. The van der Waals surface area contributed by atoms with E-state index >= 15 is 0 Å². The molecule has 1 aromatic carbocycles. The van der Waals surface area contributed by atoms with Crippen molar-refractivity contribution in [3.63, 3.8) is 0 Å². The SMILES string of the molecule is CCNC1CC(C)CC(C)C1Sc1cccc(Br)c1. The summed E-state index contributed by atoms with van der Waals surface area (Å²) in [7, 11) is 0. The standard InChI is InChI=1S/C16H24BrNS/c1-4-18-15-9-11(2)8-12(3)16(15)19-14-7-5-6-13(17)10-14/h5-7,10-12,15-16,18H,4,8-9H2,1-3H3. The summed E-state index contributed by atoms with van der Waals surface area (Å²) in [6, 6.07) is 9.33. The van der Waals surface area contributed by atoms with Crippen LogP contribution in [0.2, 0.25) is 0 Å². The van der Waals surface area contributed by atoms with Crippen LogP contribution in [0.15, 0.2) is 33.6 Å². The van der Waals surface area contributed by atoms with E-state index in [-0.39, 0.29) is 0 Å². The van der Waals surface area contributed by atoms with E-state index in [0.29, 0.717) is 11.3 Å². The molecule has 0 heterocycles. The third-order valence-electron chi connectivity index (χ3n) is 3.92. The Hall–Kier alpha value is 0.01000. The molecule has 1 nitrogen and oxygen atoms in total. The normalized spacial score (nSPS) is 31.4. The molecule has 4 unspecified atom stereocenters. The van der Waals surface area contributed by atoms with Crippen LogP contribution in [0.5, 0.6) is 0 Å². The van der Waals surface area contributed by atoms with Crippen molar-refractivity contribution in [2.75, 3.05) is 6.54 Å². The van der Waals surface area contributed by atoms with Gasteiger partial charge in [0.15, 0.2) is 0 Å². The zero-order chi connectivity index (χ0) is 13.8. The van der Waals surface area contributed by atoms with Gasteiger partial charge in [0.25, 0.3) is 0 Å². The summed E-state index contributed by atoms with van der Waals surface area (Å²) in [6.07, 6.45) is 2.66. The van der Waals surface area contributed by atoms with E-state index in [9.17, 15) is 0 Å². The number of nitrogens with one attached hydrogen (secondary N) is 1. The van der Waals surface area contributed by atoms with E-state index in [0.717, 1.165) is 18.4 Å². The van der Waals surface area contributed by atoms with E-state index < -0.39 is 0 Å². The van der Waals surface area contributed by atoms with Gasteiger partial charge in [-0.05, 0) is 49.4 Å². The Labute approximate surface area is 130 Å². The van der Waals surface area contributed by atoms with Crippen molar-refractivity contribution in [3.8, 4) is 0 Å². The fraction of sp³-hybridized carbons (Fsp3) is 0.625. The van der Waals surface area contributed by atoms with Crippen molar-refractivity contribution in [2.24, 2.45) is 11.8 Å². The minimum absolute atomic E-state index is 0.646.